The van der Waals surface area contributed by atoms with Crippen molar-refractivity contribution in [3.63, 3.8) is 0 Å². The highest BCUT2D eigenvalue weighted by molar-refractivity contribution is 6.02. The Balaban J connectivity index is 1.32. The normalized spacial score (nSPS) is 15.8. The van der Waals surface area contributed by atoms with E-state index in [4.69, 9.17) is 4.74 Å². The van der Waals surface area contributed by atoms with Crippen LogP contribution >= 0.6 is 0 Å². The maximum Gasteiger partial charge on any atom is 0.267 e. The Morgan fingerprint density at radius 3 is 2.73 bits per heavy atom. The van der Waals surface area contributed by atoms with Gasteiger partial charge in [-0.15, -0.1) is 0 Å². The summed E-state index contributed by atoms with van der Waals surface area (Å²) in [6, 6.07) is 12.4. The Labute approximate surface area is 220 Å². The maximum absolute atomic E-state index is 13.1. The molecular formula is C29H41N5O3. The molecule has 1 saturated heterocycles. The van der Waals surface area contributed by atoms with E-state index in [0.29, 0.717) is 17.6 Å². The van der Waals surface area contributed by atoms with Gasteiger partial charge in [0.15, 0.2) is 0 Å². The summed E-state index contributed by atoms with van der Waals surface area (Å²) in [5, 5.41) is 13.6. The van der Waals surface area contributed by atoms with Crippen LogP contribution in [0.15, 0.2) is 42.6 Å². The highest BCUT2D eigenvalue weighted by Crippen LogP contribution is 2.29. The summed E-state index contributed by atoms with van der Waals surface area (Å²) in [5.41, 5.74) is 3.52. The summed E-state index contributed by atoms with van der Waals surface area (Å²) >= 11 is 0. The number of nitrogens with one attached hydrogen (secondary N) is 2. The fraction of sp³-hybridized carbons (Fsp3) is 0.517. The van der Waals surface area contributed by atoms with Crippen LogP contribution in [-0.4, -0.2) is 89.3 Å². The predicted molar refractivity (Wildman–Crippen MR) is 148 cm³/mol. The molecule has 3 aromatic rings. The molecular weight excluding hydrogens is 466 g/mol. The number of benzene rings is 1. The number of hydrogen-bond acceptors (Lipinski definition) is 6. The molecule has 2 aromatic heterocycles. The molecule has 0 spiro atoms. The minimum absolute atomic E-state index is 0.0552. The number of carbonyl (C=O) groups is 1. The number of aromatic nitrogens is 2. The number of ether oxygens (including phenoxy) is 1. The lowest BCUT2D eigenvalue weighted by atomic mass is 10.0. The fourth-order valence-electron chi connectivity index (χ4n) is 5.42. The van der Waals surface area contributed by atoms with Gasteiger partial charge in [-0.1, -0.05) is 26.0 Å². The second-order valence-electron chi connectivity index (χ2n) is 9.83. The number of aliphatic hydroxyl groups excluding tert-OH is 1. The monoisotopic (exact) mass is 507 g/mol. The van der Waals surface area contributed by atoms with Gasteiger partial charge in [-0.05, 0) is 56.0 Å². The zero-order valence-electron chi connectivity index (χ0n) is 22.4. The number of rotatable bonds is 12. The van der Waals surface area contributed by atoms with E-state index >= 15 is 0 Å². The number of carbonyl (C=O) groups excluding carboxylic acids is 1. The van der Waals surface area contributed by atoms with E-state index in [2.05, 4.69) is 38.9 Å². The fourth-order valence-corrected chi connectivity index (χ4v) is 5.42. The number of hydrogen-bond donors (Lipinski definition) is 3. The number of fused-ring (bicyclic) bond motifs is 1. The van der Waals surface area contributed by atoms with Crippen LogP contribution in [0.3, 0.4) is 0 Å². The largest absolute Gasteiger partial charge is 0.481 e. The molecule has 37 heavy (non-hydrogen) atoms. The van der Waals surface area contributed by atoms with Crippen molar-refractivity contribution in [2.45, 2.75) is 51.6 Å². The average molecular weight is 508 g/mol. The minimum Gasteiger partial charge on any atom is -0.481 e. The van der Waals surface area contributed by atoms with E-state index < -0.39 is 0 Å². The molecule has 4 rings (SSSR count). The molecule has 0 bridgehead atoms. The third-order valence-electron chi connectivity index (χ3n) is 7.65. The summed E-state index contributed by atoms with van der Waals surface area (Å²) < 4.78 is 5.18. The first-order valence-electron chi connectivity index (χ1n) is 13.6. The molecule has 3 N–H and O–H groups in total. The van der Waals surface area contributed by atoms with Gasteiger partial charge in [0, 0.05) is 73.6 Å². The van der Waals surface area contributed by atoms with Crippen molar-refractivity contribution < 1.29 is 14.6 Å². The first kappa shape index (κ1) is 27.1. The van der Waals surface area contributed by atoms with Crippen molar-refractivity contribution in [3.05, 3.63) is 48.3 Å². The number of likely N-dealkylation sites (N-methyl/N-ethyl adjacent to an activating group) is 1. The maximum atomic E-state index is 13.1. The zero-order valence-corrected chi connectivity index (χ0v) is 22.4. The molecule has 1 aromatic carbocycles. The molecule has 8 heteroatoms. The first-order chi connectivity index (χ1) is 18.1. The Morgan fingerprint density at radius 2 is 2.08 bits per heavy atom. The molecule has 3 heterocycles. The Morgan fingerprint density at radius 1 is 1.27 bits per heavy atom. The number of H-pyrrole nitrogens is 1. The molecule has 0 radical (unpaired) electrons. The zero-order chi connectivity index (χ0) is 26.2. The van der Waals surface area contributed by atoms with E-state index in [9.17, 15) is 9.90 Å². The molecule has 1 fully saturated rings. The summed E-state index contributed by atoms with van der Waals surface area (Å²) in [4.78, 5) is 25.7. The number of pyridine rings is 1. The highest BCUT2D eigenvalue weighted by Gasteiger charge is 2.23. The standard InChI is InChI=1S/C29H41N5O3/c1-4-23(13-18-35)34(5-2)17-16-33-14-11-22(12-15-33)31-29(36)27-19-25-24(7-6-8-26(25)32-27)21-9-10-28(37-3)30-20-21/h6-10,19-20,22-23,32,35H,4-5,11-18H2,1-3H3,(H,31,36). The predicted octanol–water partition coefficient (Wildman–Crippen LogP) is 3.92. The van der Waals surface area contributed by atoms with E-state index in [0.717, 1.165) is 80.4 Å². The van der Waals surface area contributed by atoms with Gasteiger partial charge in [-0.3, -0.25) is 9.69 Å². The molecule has 8 nitrogen and oxygen atoms in total. The lowest BCUT2D eigenvalue weighted by molar-refractivity contribution is 0.0893. The molecule has 0 aliphatic carbocycles. The number of methoxy groups -OCH3 is 1. The van der Waals surface area contributed by atoms with E-state index in [-0.39, 0.29) is 18.6 Å². The molecule has 1 unspecified atom stereocenters. The number of nitrogens with zero attached hydrogens (tertiary/aromatic N) is 3. The topological polar surface area (TPSA) is 93.7 Å². The molecule has 1 aliphatic rings. The van der Waals surface area contributed by atoms with E-state index in [1.54, 1.807) is 13.3 Å². The summed E-state index contributed by atoms with van der Waals surface area (Å²) in [6.45, 7) is 9.67. The first-order valence-corrected chi connectivity index (χ1v) is 13.6. The van der Waals surface area contributed by atoms with Crippen LogP contribution < -0.4 is 10.1 Å². The van der Waals surface area contributed by atoms with Gasteiger partial charge >= 0.3 is 0 Å². The van der Waals surface area contributed by atoms with Gasteiger partial charge in [0.05, 0.1) is 7.11 Å². The number of aliphatic hydroxyl groups is 1. The number of piperidine rings is 1. The van der Waals surface area contributed by atoms with Crippen LogP contribution in [0, 0.1) is 0 Å². The van der Waals surface area contributed by atoms with Gasteiger partial charge in [0.25, 0.3) is 5.91 Å². The Kier molecular flexibility index (Phi) is 9.55. The van der Waals surface area contributed by atoms with E-state index in [1.807, 2.05) is 36.4 Å². The van der Waals surface area contributed by atoms with Gasteiger partial charge in [-0.25, -0.2) is 4.98 Å². The second kappa shape index (κ2) is 13.0. The summed E-state index contributed by atoms with van der Waals surface area (Å²) in [6.07, 6.45) is 5.60. The van der Waals surface area contributed by atoms with Crippen LogP contribution in [0.2, 0.25) is 0 Å². The number of likely N-dealkylation sites (tertiary alicyclic amines) is 1. The number of aromatic amines is 1. The van der Waals surface area contributed by atoms with Crippen LogP contribution in [0.4, 0.5) is 0 Å². The smallest absolute Gasteiger partial charge is 0.267 e. The second-order valence-corrected chi connectivity index (χ2v) is 9.83. The van der Waals surface area contributed by atoms with Crippen molar-refractivity contribution in [2.75, 3.05) is 46.4 Å². The lowest BCUT2D eigenvalue weighted by Crippen LogP contribution is -2.47. The van der Waals surface area contributed by atoms with Crippen molar-refractivity contribution in [1.82, 2.24) is 25.1 Å². The van der Waals surface area contributed by atoms with Crippen molar-refractivity contribution in [1.29, 1.82) is 0 Å². The average Bonchev–Trinajstić information content (AvgIpc) is 3.38. The highest BCUT2D eigenvalue weighted by atomic mass is 16.5. The van der Waals surface area contributed by atoms with Crippen LogP contribution in [0.1, 0.15) is 50.0 Å². The molecule has 200 valence electrons. The third kappa shape index (κ3) is 6.69. The molecule has 1 atom stereocenters. The molecule has 1 aliphatic heterocycles. The number of amides is 1. The SMILES string of the molecule is CCC(CCO)N(CC)CCN1CCC(NC(=O)c2cc3c(-c4ccc(OC)nc4)cccc3[nH]2)CC1. The van der Waals surface area contributed by atoms with Gasteiger partial charge < -0.3 is 25.0 Å². The summed E-state index contributed by atoms with van der Waals surface area (Å²) in [7, 11) is 1.60. The molecule has 0 saturated carbocycles. The third-order valence-corrected chi connectivity index (χ3v) is 7.65. The van der Waals surface area contributed by atoms with Crippen LogP contribution in [0.5, 0.6) is 5.88 Å². The van der Waals surface area contributed by atoms with Gasteiger partial charge in [0.2, 0.25) is 5.88 Å². The van der Waals surface area contributed by atoms with Crippen LogP contribution in [0.25, 0.3) is 22.0 Å². The quantitative estimate of drug-likeness (QED) is 0.344. The summed E-state index contributed by atoms with van der Waals surface area (Å²) in [5.74, 6) is 0.519. The lowest BCUT2D eigenvalue weighted by Gasteiger charge is -2.35. The van der Waals surface area contributed by atoms with Crippen molar-refractivity contribution in [2.24, 2.45) is 0 Å². The Bertz CT molecular complexity index is 1140. The minimum atomic E-state index is -0.0552. The van der Waals surface area contributed by atoms with Crippen molar-refractivity contribution in [3.8, 4) is 17.0 Å². The van der Waals surface area contributed by atoms with Crippen LogP contribution in [-0.2, 0) is 0 Å². The van der Waals surface area contributed by atoms with E-state index in [1.165, 1.54) is 0 Å². The van der Waals surface area contributed by atoms with Crippen molar-refractivity contribution >= 4 is 16.8 Å². The van der Waals surface area contributed by atoms with Gasteiger partial charge in [-0.2, -0.15) is 0 Å². The Hall–Kier alpha value is -2.94. The van der Waals surface area contributed by atoms with Gasteiger partial charge in [0.1, 0.15) is 5.69 Å². The molecule has 1 amide bonds.